The van der Waals surface area contributed by atoms with Crippen LogP contribution in [0, 0.1) is 0 Å². The highest BCUT2D eigenvalue weighted by Crippen LogP contribution is 2.36. The van der Waals surface area contributed by atoms with Gasteiger partial charge < -0.3 is 10.2 Å². The zero-order valence-corrected chi connectivity index (χ0v) is 12.6. The Morgan fingerprint density at radius 2 is 2.14 bits per heavy atom. The standard InChI is InChI=1S/C17H18ClN3/c18-15-9-12(10-19-14-5-6-14)11-20-17(15)21-8-7-13-3-1-2-4-16(13)21/h1-4,9,11,14,19H,5-8,10H2. The number of fused-ring (bicyclic) bond motifs is 1. The fraction of sp³-hybridized carbons (Fsp3) is 0.353. The van der Waals surface area contributed by atoms with E-state index in [1.54, 1.807) is 0 Å². The Bertz CT molecular complexity index is 667. The normalized spacial score (nSPS) is 17.1. The second kappa shape index (κ2) is 5.32. The van der Waals surface area contributed by atoms with Gasteiger partial charge in [0.15, 0.2) is 5.82 Å². The molecule has 0 saturated heterocycles. The van der Waals surface area contributed by atoms with Gasteiger partial charge in [-0.3, -0.25) is 0 Å². The van der Waals surface area contributed by atoms with Crippen molar-refractivity contribution in [3.05, 3.63) is 52.7 Å². The van der Waals surface area contributed by atoms with Crippen molar-refractivity contribution in [1.29, 1.82) is 0 Å². The number of benzene rings is 1. The van der Waals surface area contributed by atoms with Crippen molar-refractivity contribution in [3.63, 3.8) is 0 Å². The predicted octanol–water partition coefficient (Wildman–Crippen LogP) is 3.68. The van der Waals surface area contributed by atoms with Crippen LogP contribution in [0.3, 0.4) is 0 Å². The molecular weight excluding hydrogens is 282 g/mol. The van der Waals surface area contributed by atoms with Crippen LogP contribution >= 0.6 is 11.6 Å². The molecule has 4 heteroatoms. The largest absolute Gasteiger partial charge is 0.325 e. The van der Waals surface area contributed by atoms with Crippen molar-refractivity contribution in [2.75, 3.05) is 11.4 Å². The minimum atomic E-state index is 0.703. The van der Waals surface area contributed by atoms with Crippen LogP contribution in [-0.2, 0) is 13.0 Å². The third-order valence-electron chi connectivity index (χ3n) is 4.19. The lowest BCUT2D eigenvalue weighted by Gasteiger charge is -2.20. The fourth-order valence-electron chi connectivity index (χ4n) is 2.87. The Morgan fingerprint density at radius 1 is 1.29 bits per heavy atom. The highest BCUT2D eigenvalue weighted by atomic mass is 35.5. The predicted molar refractivity (Wildman–Crippen MR) is 86.3 cm³/mol. The number of halogens is 1. The summed E-state index contributed by atoms with van der Waals surface area (Å²) in [6.07, 6.45) is 5.59. The van der Waals surface area contributed by atoms with E-state index in [1.807, 2.05) is 12.3 Å². The molecule has 4 rings (SSSR count). The van der Waals surface area contributed by atoms with Crippen molar-refractivity contribution in [3.8, 4) is 0 Å². The lowest BCUT2D eigenvalue weighted by Crippen LogP contribution is -2.17. The lowest BCUT2D eigenvalue weighted by atomic mass is 10.2. The molecule has 1 saturated carbocycles. The summed E-state index contributed by atoms with van der Waals surface area (Å²) in [5.41, 5.74) is 3.76. The summed E-state index contributed by atoms with van der Waals surface area (Å²) in [5, 5.41) is 4.23. The van der Waals surface area contributed by atoms with E-state index in [1.165, 1.54) is 24.1 Å². The second-order valence-electron chi connectivity index (χ2n) is 5.83. The van der Waals surface area contributed by atoms with E-state index in [0.29, 0.717) is 6.04 Å². The maximum absolute atomic E-state index is 6.47. The number of hydrogen-bond donors (Lipinski definition) is 1. The molecule has 0 atom stereocenters. The molecule has 1 aromatic heterocycles. The van der Waals surface area contributed by atoms with E-state index < -0.39 is 0 Å². The van der Waals surface area contributed by atoms with Crippen molar-refractivity contribution in [2.45, 2.75) is 31.8 Å². The molecule has 1 N–H and O–H groups in total. The van der Waals surface area contributed by atoms with Crippen LogP contribution in [0.15, 0.2) is 36.5 Å². The number of nitrogens with zero attached hydrogens (tertiary/aromatic N) is 2. The molecule has 0 spiro atoms. The van der Waals surface area contributed by atoms with Crippen LogP contribution < -0.4 is 10.2 Å². The quantitative estimate of drug-likeness (QED) is 0.933. The molecular formula is C17H18ClN3. The van der Waals surface area contributed by atoms with Crippen LogP contribution in [-0.4, -0.2) is 17.6 Å². The Labute approximate surface area is 129 Å². The van der Waals surface area contributed by atoms with E-state index in [0.717, 1.165) is 35.9 Å². The zero-order valence-electron chi connectivity index (χ0n) is 11.8. The minimum Gasteiger partial charge on any atom is -0.325 e. The Kier molecular flexibility index (Phi) is 3.32. The average molecular weight is 300 g/mol. The zero-order chi connectivity index (χ0) is 14.2. The van der Waals surface area contributed by atoms with E-state index in [-0.39, 0.29) is 0 Å². The molecule has 2 heterocycles. The number of para-hydroxylation sites is 1. The maximum Gasteiger partial charge on any atom is 0.151 e. The highest BCUT2D eigenvalue weighted by Gasteiger charge is 2.23. The molecule has 1 fully saturated rings. The van der Waals surface area contributed by atoms with Gasteiger partial charge in [-0.1, -0.05) is 29.8 Å². The third-order valence-corrected chi connectivity index (χ3v) is 4.47. The van der Waals surface area contributed by atoms with Crippen LogP contribution in [0.5, 0.6) is 0 Å². The summed E-state index contributed by atoms with van der Waals surface area (Å²) < 4.78 is 0. The SMILES string of the molecule is Clc1cc(CNC2CC2)cnc1N1CCc2ccccc21. The molecule has 2 aromatic rings. The van der Waals surface area contributed by atoms with E-state index in [2.05, 4.69) is 39.5 Å². The van der Waals surface area contributed by atoms with Gasteiger partial charge in [0.05, 0.1) is 5.02 Å². The first kappa shape index (κ1) is 13.1. The Hall–Kier alpha value is -1.58. The summed E-state index contributed by atoms with van der Waals surface area (Å²) in [5.74, 6) is 0.872. The topological polar surface area (TPSA) is 28.2 Å². The molecule has 3 nitrogen and oxygen atoms in total. The second-order valence-corrected chi connectivity index (χ2v) is 6.24. The first-order chi connectivity index (χ1) is 10.3. The highest BCUT2D eigenvalue weighted by molar-refractivity contribution is 6.33. The Balaban J connectivity index is 1.58. The Morgan fingerprint density at radius 3 is 2.95 bits per heavy atom. The van der Waals surface area contributed by atoms with Gasteiger partial charge in [0.1, 0.15) is 0 Å². The van der Waals surface area contributed by atoms with E-state index in [9.17, 15) is 0 Å². The van der Waals surface area contributed by atoms with E-state index in [4.69, 9.17) is 11.6 Å². The van der Waals surface area contributed by atoms with Crippen LogP contribution in [0.4, 0.5) is 11.5 Å². The molecule has 2 aliphatic rings. The lowest BCUT2D eigenvalue weighted by molar-refractivity contribution is 0.686. The summed E-state index contributed by atoms with van der Waals surface area (Å²) in [7, 11) is 0. The van der Waals surface area contributed by atoms with Crippen LogP contribution in [0.1, 0.15) is 24.0 Å². The first-order valence-corrected chi connectivity index (χ1v) is 7.92. The van der Waals surface area contributed by atoms with Gasteiger partial charge in [-0.15, -0.1) is 0 Å². The van der Waals surface area contributed by atoms with Crippen molar-refractivity contribution in [2.24, 2.45) is 0 Å². The number of aromatic nitrogens is 1. The number of hydrogen-bond acceptors (Lipinski definition) is 3. The maximum atomic E-state index is 6.47. The fourth-order valence-corrected chi connectivity index (χ4v) is 3.16. The molecule has 108 valence electrons. The van der Waals surface area contributed by atoms with Gasteiger partial charge in [0, 0.05) is 31.0 Å². The molecule has 0 radical (unpaired) electrons. The van der Waals surface area contributed by atoms with Crippen LogP contribution in [0.25, 0.3) is 0 Å². The molecule has 0 amide bonds. The minimum absolute atomic E-state index is 0.703. The summed E-state index contributed by atoms with van der Waals surface area (Å²) >= 11 is 6.47. The number of anilines is 2. The monoisotopic (exact) mass is 299 g/mol. The van der Waals surface area contributed by atoms with Gasteiger partial charge in [-0.05, 0) is 42.5 Å². The molecule has 0 bridgehead atoms. The number of nitrogens with one attached hydrogen (secondary N) is 1. The van der Waals surface area contributed by atoms with Gasteiger partial charge in [-0.2, -0.15) is 0 Å². The summed E-state index contributed by atoms with van der Waals surface area (Å²) in [6.45, 7) is 1.81. The van der Waals surface area contributed by atoms with Gasteiger partial charge in [-0.25, -0.2) is 4.98 Å². The van der Waals surface area contributed by atoms with E-state index >= 15 is 0 Å². The molecule has 21 heavy (non-hydrogen) atoms. The number of pyridine rings is 1. The number of rotatable bonds is 4. The van der Waals surface area contributed by atoms with Crippen molar-refractivity contribution in [1.82, 2.24) is 10.3 Å². The smallest absolute Gasteiger partial charge is 0.151 e. The summed E-state index contributed by atoms with van der Waals surface area (Å²) in [6, 6.07) is 11.2. The molecule has 1 aliphatic carbocycles. The first-order valence-electron chi connectivity index (χ1n) is 7.54. The van der Waals surface area contributed by atoms with Crippen LogP contribution in [0.2, 0.25) is 5.02 Å². The van der Waals surface area contributed by atoms with Gasteiger partial charge >= 0.3 is 0 Å². The van der Waals surface area contributed by atoms with Gasteiger partial charge in [0.2, 0.25) is 0 Å². The third kappa shape index (κ3) is 2.63. The molecule has 1 aliphatic heterocycles. The average Bonchev–Trinajstić information content (AvgIpc) is 3.24. The molecule has 1 aromatic carbocycles. The van der Waals surface area contributed by atoms with Crippen molar-refractivity contribution < 1.29 is 0 Å². The summed E-state index contributed by atoms with van der Waals surface area (Å²) in [4.78, 5) is 6.83. The van der Waals surface area contributed by atoms with Crippen molar-refractivity contribution >= 4 is 23.1 Å². The van der Waals surface area contributed by atoms with Gasteiger partial charge in [0.25, 0.3) is 0 Å². The molecule has 0 unspecified atom stereocenters.